The molecule has 7 heteroatoms. The monoisotopic (exact) mass is 236 g/mol. The standard InChI is InChI=1S/C8H20N4O2S/c1-6(7(9)10)5-11-15(13,14)12-8(2,3)4/h6,11-12H,5H2,1-4H3,(H3,9,10). The second kappa shape index (κ2) is 4.91. The minimum absolute atomic E-state index is 0.0338. The number of rotatable bonds is 5. The van der Waals surface area contributed by atoms with Gasteiger partial charge in [-0.3, -0.25) is 5.41 Å². The van der Waals surface area contributed by atoms with Crippen LogP contribution in [0.1, 0.15) is 27.7 Å². The third-order valence-corrected chi connectivity index (χ3v) is 2.98. The molecule has 1 atom stereocenters. The van der Waals surface area contributed by atoms with Crippen molar-refractivity contribution in [1.29, 1.82) is 5.41 Å². The van der Waals surface area contributed by atoms with E-state index in [-0.39, 0.29) is 18.3 Å². The Morgan fingerprint density at radius 3 is 2.27 bits per heavy atom. The first kappa shape index (κ1) is 14.3. The summed E-state index contributed by atoms with van der Waals surface area (Å²) in [5, 5.41) is 7.11. The Bertz CT molecular complexity index is 318. The quantitative estimate of drug-likeness (QED) is 0.391. The Morgan fingerprint density at radius 1 is 1.47 bits per heavy atom. The van der Waals surface area contributed by atoms with Crippen molar-refractivity contribution in [3.05, 3.63) is 0 Å². The van der Waals surface area contributed by atoms with Crippen molar-refractivity contribution in [2.75, 3.05) is 6.54 Å². The van der Waals surface area contributed by atoms with Crippen LogP contribution in [0, 0.1) is 11.3 Å². The van der Waals surface area contributed by atoms with E-state index in [1.54, 1.807) is 27.7 Å². The van der Waals surface area contributed by atoms with E-state index in [1.807, 2.05) is 0 Å². The Hall–Kier alpha value is -0.660. The maximum atomic E-state index is 11.4. The highest BCUT2D eigenvalue weighted by molar-refractivity contribution is 7.87. The number of nitrogens with one attached hydrogen (secondary N) is 3. The molecule has 0 radical (unpaired) electrons. The number of nitrogens with two attached hydrogens (primary N) is 1. The number of hydrogen-bond acceptors (Lipinski definition) is 3. The van der Waals surface area contributed by atoms with E-state index in [4.69, 9.17) is 11.1 Å². The van der Waals surface area contributed by atoms with E-state index in [1.165, 1.54) is 0 Å². The van der Waals surface area contributed by atoms with Gasteiger partial charge in [0.2, 0.25) is 0 Å². The lowest BCUT2D eigenvalue weighted by molar-refractivity contribution is 0.481. The van der Waals surface area contributed by atoms with E-state index in [0.29, 0.717) is 0 Å². The van der Waals surface area contributed by atoms with Crippen LogP contribution < -0.4 is 15.2 Å². The molecule has 0 amide bonds. The summed E-state index contributed by atoms with van der Waals surface area (Å²) < 4.78 is 27.7. The molecule has 0 aliphatic rings. The van der Waals surface area contributed by atoms with Gasteiger partial charge in [-0.15, -0.1) is 0 Å². The van der Waals surface area contributed by atoms with Crippen LogP contribution in [0.3, 0.4) is 0 Å². The van der Waals surface area contributed by atoms with Crippen molar-refractivity contribution in [3.63, 3.8) is 0 Å². The van der Waals surface area contributed by atoms with E-state index in [9.17, 15) is 8.42 Å². The van der Waals surface area contributed by atoms with Crippen molar-refractivity contribution < 1.29 is 8.42 Å². The van der Waals surface area contributed by atoms with Gasteiger partial charge in [0, 0.05) is 18.0 Å². The summed E-state index contributed by atoms with van der Waals surface area (Å²) in [5.41, 5.74) is 4.70. The van der Waals surface area contributed by atoms with Crippen LogP contribution in [0.15, 0.2) is 0 Å². The summed E-state index contributed by atoms with van der Waals surface area (Å²) in [6, 6.07) is 0. The summed E-state index contributed by atoms with van der Waals surface area (Å²) >= 11 is 0. The predicted octanol–water partition coefficient (Wildman–Crippen LogP) is -0.219. The molecule has 5 N–H and O–H groups in total. The highest BCUT2D eigenvalue weighted by Gasteiger charge is 2.20. The molecule has 0 bridgehead atoms. The van der Waals surface area contributed by atoms with Crippen LogP contribution in [-0.4, -0.2) is 26.3 Å². The average Bonchev–Trinajstić information content (AvgIpc) is 1.95. The second-order valence-electron chi connectivity index (χ2n) is 4.56. The smallest absolute Gasteiger partial charge is 0.277 e. The van der Waals surface area contributed by atoms with Crippen molar-refractivity contribution in [3.8, 4) is 0 Å². The van der Waals surface area contributed by atoms with Crippen molar-refractivity contribution in [2.24, 2.45) is 11.7 Å². The van der Waals surface area contributed by atoms with E-state index in [2.05, 4.69) is 9.44 Å². The van der Waals surface area contributed by atoms with Crippen LogP contribution in [0.2, 0.25) is 0 Å². The molecule has 0 aliphatic heterocycles. The molecule has 0 aromatic carbocycles. The predicted molar refractivity (Wildman–Crippen MR) is 60.9 cm³/mol. The maximum absolute atomic E-state index is 11.4. The van der Waals surface area contributed by atoms with Gasteiger partial charge in [-0.05, 0) is 20.8 Å². The Kier molecular flexibility index (Phi) is 4.69. The molecule has 0 aliphatic carbocycles. The molecule has 0 fully saturated rings. The van der Waals surface area contributed by atoms with Gasteiger partial charge in [-0.25, -0.2) is 4.72 Å². The summed E-state index contributed by atoms with van der Waals surface area (Å²) in [4.78, 5) is 0. The third kappa shape index (κ3) is 7.29. The SMILES string of the molecule is CC(CNS(=O)(=O)NC(C)(C)C)C(=N)N. The molecule has 15 heavy (non-hydrogen) atoms. The minimum Gasteiger partial charge on any atom is -0.387 e. The summed E-state index contributed by atoms with van der Waals surface area (Å²) in [6.07, 6.45) is 0. The Morgan fingerprint density at radius 2 is 1.93 bits per heavy atom. The van der Waals surface area contributed by atoms with Gasteiger partial charge >= 0.3 is 0 Å². The van der Waals surface area contributed by atoms with Gasteiger partial charge in [0.25, 0.3) is 10.2 Å². The van der Waals surface area contributed by atoms with Crippen molar-refractivity contribution in [2.45, 2.75) is 33.2 Å². The van der Waals surface area contributed by atoms with Crippen LogP contribution >= 0.6 is 0 Å². The van der Waals surface area contributed by atoms with Crippen molar-refractivity contribution >= 4 is 16.0 Å². The maximum Gasteiger partial charge on any atom is 0.277 e. The molecule has 0 aromatic heterocycles. The zero-order chi connectivity index (χ0) is 12.3. The van der Waals surface area contributed by atoms with E-state index >= 15 is 0 Å². The largest absolute Gasteiger partial charge is 0.387 e. The van der Waals surface area contributed by atoms with E-state index < -0.39 is 15.7 Å². The Labute approximate surface area is 91.3 Å². The first-order valence-corrected chi connectivity index (χ1v) is 6.14. The lowest BCUT2D eigenvalue weighted by Gasteiger charge is -2.21. The highest BCUT2D eigenvalue weighted by atomic mass is 32.2. The van der Waals surface area contributed by atoms with Crippen molar-refractivity contribution in [1.82, 2.24) is 9.44 Å². The molecule has 0 spiro atoms. The van der Waals surface area contributed by atoms with Gasteiger partial charge in [-0.1, -0.05) is 6.92 Å². The Balaban J connectivity index is 4.24. The third-order valence-electron chi connectivity index (χ3n) is 1.55. The molecule has 0 rings (SSSR count). The second-order valence-corrected chi connectivity index (χ2v) is 6.06. The fraction of sp³-hybridized carbons (Fsp3) is 0.875. The molecule has 0 aromatic rings. The molecule has 0 saturated carbocycles. The molecule has 0 heterocycles. The molecular formula is C8H20N4O2S. The summed E-state index contributed by atoms with van der Waals surface area (Å²) in [7, 11) is -3.52. The zero-order valence-electron chi connectivity index (χ0n) is 9.59. The van der Waals surface area contributed by atoms with Gasteiger partial charge < -0.3 is 5.73 Å². The van der Waals surface area contributed by atoms with E-state index in [0.717, 1.165) is 0 Å². The summed E-state index contributed by atoms with van der Waals surface area (Å²) in [5.74, 6) is -0.338. The molecule has 90 valence electrons. The van der Waals surface area contributed by atoms with Gasteiger partial charge in [0.15, 0.2) is 0 Å². The zero-order valence-corrected chi connectivity index (χ0v) is 10.4. The summed E-state index contributed by atoms with van der Waals surface area (Å²) in [6.45, 7) is 7.06. The molecule has 0 saturated heterocycles. The topological polar surface area (TPSA) is 108 Å². The van der Waals surface area contributed by atoms with Crippen LogP contribution in [0.5, 0.6) is 0 Å². The lowest BCUT2D eigenvalue weighted by atomic mass is 10.1. The highest BCUT2D eigenvalue weighted by Crippen LogP contribution is 2.01. The fourth-order valence-corrected chi connectivity index (χ4v) is 2.13. The first-order chi connectivity index (χ1) is 6.53. The molecule has 6 nitrogen and oxygen atoms in total. The number of hydrogen-bond donors (Lipinski definition) is 4. The molecule has 1 unspecified atom stereocenters. The lowest BCUT2D eigenvalue weighted by Crippen LogP contribution is -2.48. The van der Waals surface area contributed by atoms with Crippen LogP contribution in [0.25, 0.3) is 0 Å². The first-order valence-electron chi connectivity index (χ1n) is 4.66. The van der Waals surface area contributed by atoms with Gasteiger partial charge in [-0.2, -0.15) is 13.1 Å². The normalized spacial score (nSPS) is 14.9. The van der Waals surface area contributed by atoms with Gasteiger partial charge in [0.1, 0.15) is 0 Å². The average molecular weight is 236 g/mol. The van der Waals surface area contributed by atoms with Gasteiger partial charge in [0.05, 0.1) is 5.84 Å². The van der Waals surface area contributed by atoms with Crippen LogP contribution in [0.4, 0.5) is 0 Å². The van der Waals surface area contributed by atoms with Crippen LogP contribution in [-0.2, 0) is 10.2 Å². The molecular weight excluding hydrogens is 216 g/mol. The fourth-order valence-electron chi connectivity index (χ4n) is 0.784. The minimum atomic E-state index is -3.52. The number of amidine groups is 1.